The molecule has 2 aromatic carbocycles. The van der Waals surface area contributed by atoms with Crippen molar-refractivity contribution in [2.45, 2.75) is 45.6 Å². The Bertz CT molecular complexity index is 902. The van der Waals surface area contributed by atoms with E-state index >= 15 is 4.39 Å². The number of hydrogen-bond donors (Lipinski definition) is 0. The Morgan fingerprint density at radius 2 is 1.82 bits per heavy atom. The number of likely N-dealkylation sites (tertiary alicyclic amines) is 1. The number of amides is 1. The maximum absolute atomic E-state index is 15.3. The Balaban J connectivity index is 1.72. The van der Waals surface area contributed by atoms with E-state index in [0.717, 1.165) is 31.7 Å². The molecule has 2 aliphatic rings. The van der Waals surface area contributed by atoms with Gasteiger partial charge in [-0.05, 0) is 78.5 Å². The molecule has 0 aromatic heterocycles. The van der Waals surface area contributed by atoms with Gasteiger partial charge in [-0.3, -0.25) is 4.79 Å². The Kier molecular flexibility index (Phi) is 4.72. The average Bonchev–Trinajstić information content (AvgIpc) is 3.34. The zero-order valence-corrected chi connectivity index (χ0v) is 16.1. The Morgan fingerprint density at radius 3 is 2.43 bits per heavy atom. The molecule has 148 valence electrons. The first kappa shape index (κ1) is 19.0. The summed E-state index contributed by atoms with van der Waals surface area (Å²) in [5.41, 5.74) is 1.42. The van der Waals surface area contributed by atoms with Crippen LogP contribution in [0.1, 0.15) is 37.3 Å². The van der Waals surface area contributed by atoms with Crippen molar-refractivity contribution < 1.29 is 18.0 Å². The molecule has 2 aromatic rings. The van der Waals surface area contributed by atoms with Gasteiger partial charge >= 0.3 is 0 Å². The predicted molar refractivity (Wildman–Crippen MR) is 102 cm³/mol. The molecule has 1 aliphatic heterocycles. The van der Waals surface area contributed by atoms with Crippen molar-refractivity contribution in [2.24, 2.45) is 11.3 Å². The maximum Gasteiger partial charge on any atom is 0.209 e. The molecule has 1 amide bonds. The SMILES string of the molecule is CC[C@@H]1[C@H](Cc2cc(F)cc(-c3cc(C)cc(F)c3)c2F)N(C=O)CC12CC2. The van der Waals surface area contributed by atoms with Gasteiger partial charge in [0.05, 0.1) is 0 Å². The van der Waals surface area contributed by atoms with Crippen LogP contribution in [0.2, 0.25) is 0 Å². The number of halogens is 3. The van der Waals surface area contributed by atoms with E-state index in [4.69, 9.17) is 0 Å². The standard InChI is InChI=1S/C23H24F3NO/c1-3-20-21(27(13-28)12-23(20)4-5-23)10-16-9-18(25)11-19(22(16)26)15-6-14(2)7-17(24)8-15/h6-9,11,13,20-21H,3-5,10,12H2,1-2H3/t20-,21+/m1/s1. The summed E-state index contributed by atoms with van der Waals surface area (Å²) in [5.74, 6) is -1.29. The fourth-order valence-electron chi connectivity index (χ4n) is 5.13. The minimum Gasteiger partial charge on any atom is -0.341 e. The lowest BCUT2D eigenvalue weighted by Gasteiger charge is -2.26. The van der Waals surface area contributed by atoms with Crippen molar-refractivity contribution in [1.82, 2.24) is 4.90 Å². The molecule has 1 saturated heterocycles. The van der Waals surface area contributed by atoms with Crippen molar-refractivity contribution in [1.29, 1.82) is 0 Å². The quantitative estimate of drug-likeness (QED) is 0.640. The molecule has 4 rings (SSSR count). The van der Waals surface area contributed by atoms with E-state index < -0.39 is 17.5 Å². The van der Waals surface area contributed by atoms with Gasteiger partial charge in [-0.2, -0.15) is 0 Å². The van der Waals surface area contributed by atoms with E-state index in [2.05, 4.69) is 6.92 Å². The van der Waals surface area contributed by atoms with Crippen molar-refractivity contribution in [3.05, 3.63) is 58.9 Å². The van der Waals surface area contributed by atoms with Crippen molar-refractivity contribution in [3.63, 3.8) is 0 Å². The summed E-state index contributed by atoms with van der Waals surface area (Å²) in [6.45, 7) is 4.51. The van der Waals surface area contributed by atoms with Gasteiger partial charge < -0.3 is 4.90 Å². The van der Waals surface area contributed by atoms with Crippen molar-refractivity contribution >= 4 is 6.41 Å². The lowest BCUT2D eigenvalue weighted by molar-refractivity contribution is -0.119. The van der Waals surface area contributed by atoms with Crippen LogP contribution in [-0.2, 0) is 11.2 Å². The van der Waals surface area contributed by atoms with Crippen molar-refractivity contribution in [2.75, 3.05) is 6.54 Å². The lowest BCUT2D eigenvalue weighted by atomic mass is 9.83. The van der Waals surface area contributed by atoms with Gasteiger partial charge in [0.1, 0.15) is 17.5 Å². The second-order valence-electron chi connectivity index (χ2n) is 8.37. The second-order valence-corrected chi connectivity index (χ2v) is 8.37. The number of aryl methyl sites for hydroxylation is 1. The van der Waals surface area contributed by atoms with Gasteiger partial charge in [-0.1, -0.05) is 19.4 Å². The van der Waals surface area contributed by atoms with Crippen LogP contribution in [0.4, 0.5) is 13.2 Å². The third-order valence-electron chi connectivity index (χ3n) is 6.54. The van der Waals surface area contributed by atoms with Gasteiger partial charge in [-0.25, -0.2) is 13.2 Å². The molecule has 1 saturated carbocycles. The minimum absolute atomic E-state index is 0.0578. The highest BCUT2D eigenvalue weighted by atomic mass is 19.1. The van der Waals surface area contributed by atoms with Crippen LogP contribution in [-0.4, -0.2) is 23.9 Å². The summed E-state index contributed by atoms with van der Waals surface area (Å²) in [5, 5.41) is 0. The number of carbonyl (C=O) groups is 1. The average molecular weight is 387 g/mol. The number of rotatable bonds is 5. The number of hydrogen-bond acceptors (Lipinski definition) is 1. The molecule has 1 heterocycles. The first-order chi connectivity index (χ1) is 13.4. The first-order valence-electron chi connectivity index (χ1n) is 9.83. The van der Waals surface area contributed by atoms with E-state index in [1.165, 1.54) is 18.2 Å². The lowest BCUT2D eigenvalue weighted by Crippen LogP contribution is -2.34. The van der Waals surface area contributed by atoms with Gasteiger partial charge in [0.15, 0.2) is 0 Å². The second kappa shape index (κ2) is 6.94. The number of carbonyl (C=O) groups excluding carboxylic acids is 1. The molecule has 0 radical (unpaired) electrons. The zero-order chi connectivity index (χ0) is 20.1. The third kappa shape index (κ3) is 3.21. The van der Waals surface area contributed by atoms with Gasteiger partial charge in [-0.15, -0.1) is 0 Å². The fraction of sp³-hybridized carbons (Fsp3) is 0.435. The number of benzene rings is 2. The van der Waals surface area contributed by atoms with Crippen LogP contribution in [0.5, 0.6) is 0 Å². The molecule has 0 N–H and O–H groups in total. The summed E-state index contributed by atoms with van der Waals surface area (Å²) in [6, 6.07) is 6.39. The fourth-order valence-corrected chi connectivity index (χ4v) is 5.13. The molecule has 1 aliphatic carbocycles. The Labute approximate surface area is 163 Å². The molecule has 5 heteroatoms. The van der Waals surface area contributed by atoms with E-state index in [1.54, 1.807) is 17.9 Å². The van der Waals surface area contributed by atoms with Gasteiger partial charge in [0, 0.05) is 18.2 Å². The Morgan fingerprint density at radius 1 is 1.11 bits per heavy atom. The van der Waals surface area contributed by atoms with Crippen LogP contribution >= 0.6 is 0 Å². The molecular formula is C23H24F3NO. The zero-order valence-electron chi connectivity index (χ0n) is 16.1. The maximum atomic E-state index is 15.3. The summed E-state index contributed by atoms with van der Waals surface area (Å²) < 4.78 is 43.5. The smallest absolute Gasteiger partial charge is 0.209 e. The van der Waals surface area contributed by atoms with Crippen molar-refractivity contribution in [3.8, 4) is 11.1 Å². The molecule has 0 unspecified atom stereocenters. The number of nitrogens with zero attached hydrogens (tertiary/aromatic N) is 1. The van der Waals surface area contributed by atoms with Gasteiger partial charge in [0.2, 0.25) is 6.41 Å². The molecule has 2 fully saturated rings. The van der Waals surface area contributed by atoms with E-state index in [9.17, 15) is 13.6 Å². The van der Waals surface area contributed by atoms with E-state index in [0.29, 0.717) is 23.6 Å². The first-order valence-corrected chi connectivity index (χ1v) is 9.83. The normalized spacial score (nSPS) is 22.7. The topological polar surface area (TPSA) is 20.3 Å². The monoisotopic (exact) mass is 387 g/mol. The minimum atomic E-state index is -0.557. The predicted octanol–water partition coefficient (Wildman–Crippen LogP) is 5.27. The van der Waals surface area contributed by atoms with Crippen LogP contribution in [0.25, 0.3) is 11.1 Å². The molecule has 28 heavy (non-hydrogen) atoms. The molecule has 0 bridgehead atoms. The van der Waals surface area contributed by atoms with Crippen LogP contribution < -0.4 is 0 Å². The summed E-state index contributed by atoms with van der Waals surface area (Å²) in [4.78, 5) is 13.4. The summed E-state index contributed by atoms with van der Waals surface area (Å²) >= 11 is 0. The van der Waals surface area contributed by atoms with Crippen LogP contribution in [0.3, 0.4) is 0 Å². The molecule has 2 nitrogen and oxygen atoms in total. The summed E-state index contributed by atoms with van der Waals surface area (Å²) in [6.07, 6.45) is 4.19. The molecular weight excluding hydrogens is 363 g/mol. The highest BCUT2D eigenvalue weighted by molar-refractivity contribution is 5.66. The largest absolute Gasteiger partial charge is 0.341 e. The van der Waals surface area contributed by atoms with Crippen LogP contribution in [0.15, 0.2) is 30.3 Å². The Hall–Kier alpha value is -2.30. The van der Waals surface area contributed by atoms with Crippen LogP contribution in [0, 0.1) is 35.7 Å². The summed E-state index contributed by atoms with van der Waals surface area (Å²) in [7, 11) is 0. The highest BCUT2D eigenvalue weighted by Crippen LogP contribution is 2.59. The molecule has 2 atom stereocenters. The van der Waals surface area contributed by atoms with E-state index in [-0.39, 0.29) is 29.0 Å². The third-order valence-corrected chi connectivity index (χ3v) is 6.54. The molecule has 1 spiro atoms. The highest BCUT2D eigenvalue weighted by Gasteiger charge is 2.58. The van der Waals surface area contributed by atoms with Gasteiger partial charge in [0.25, 0.3) is 0 Å². The van der Waals surface area contributed by atoms with E-state index in [1.807, 2.05) is 0 Å².